The maximum atomic E-state index is 13.1. The lowest BCUT2D eigenvalue weighted by molar-refractivity contribution is 0.0949. The summed E-state index contributed by atoms with van der Waals surface area (Å²) in [5.74, 6) is 1.94. The van der Waals surface area contributed by atoms with Gasteiger partial charge in [-0.3, -0.25) is 4.79 Å². The highest BCUT2D eigenvalue weighted by Gasteiger charge is 2.47. The molecule has 0 N–H and O–H groups in total. The Morgan fingerprint density at radius 2 is 1.67 bits per heavy atom. The van der Waals surface area contributed by atoms with Crippen LogP contribution in [0.4, 0.5) is 0 Å². The molecule has 30 heavy (non-hydrogen) atoms. The van der Waals surface area contributed by atoms with Crippen LogP contribution in [-0.4, -0.2) is 25.1 Å². The maximum absolute atomic E-state index is 13.1. The van der Waals surface area contributed by atoms with Crippen LogP contribution in [0, 0.1) is 0 Å². The largest absolute Gasteiger partial charge is 0.490 e. The molecule has 2 aliphatic heterocycles. The van der Waals surface area contributed by atoms with E-state index in [9.17, 15) is 4.79 Å². The molecule has 5 rings (SSSR count). The minimum atomic E-state index is -0.517. The Hall–Kier alpha value is -3.31. The van der Waals surface area contributed by atoms with E-state index in [4.69, 9.17) is 18.9 Å². The van der Waals surface area contributed by atoms with Crippen LogP contribution in [0.2, 0.25) is 0 Å². The van der Waals surface area contributed by atoms with Gasteiger partial charge in [-0.05, 0) is 35.4 Å². The number of carbonyl (C=O) groups excluding carboxylic acids is 1. The van der Waals surface area contributed by atoms with Crippen molar-refractivity contribution < 1.29 is 23.7 Å². The minimum absolute atomic E-state index is 0.0734. The number of benzene rings is 3. The van der Waals surface area contributed by atoms with Crippen molar-refractivity contribution in [2.45, 2.75) is 25.2 Å². The molecule has 3 aromatic rings. The molecule has 5 nitrogen and oxygen atoms in total. The molecular formula is C25H22O5. The molecule has 1 saturated heterocycles. The van der Waals surface area contributed by atoms with Crippen molar-refractivity contribution in [3.63, 3.8) is 0 Å². The SMILES string of the molecule is O=C(c1ccccc1OCc1ccccc1)[C@H]1O[C@H]1c1ccc2c(c1)OCCCO2. The van der Waals surface area contributed by atoms with Gasteiger partial charge in [-0.1, -0.05) is 48.5 Å². The van der Waals surface area contributed by atoms with Crippen molar-refractivity contribution in [2.75, 3.05) is 13.2 Å². The van der Waals surface area contributed by atoms with Gasteiger partial charge in [-0.2, -0.15) is 0 Å². The molecule has 0 aromatic heterocycles. The summed E-state index contributed by atoms with van der Waals surface area (Å²) >= 11 is 0. The zero-order chi connectivity index (χ0) is 20.3. The van der Waals surface area contributed by atoms with E-state index >= 15 is 0 Å². The van der Waals surface area contributed by atoms with E-state index in [-0.39, 0.29) is 11.9 Å². The average Bonchev–Trinajstić information content (AvgIpc) is 3.61. The predicted molar refractivity (Wildman–Crippen MR) is 111 cm³/mol. The molecule has 0 amide bonds. The van der Waals surface area contributed by atoms with E-state index in [1.54, 1.807) is 6.07 Å². The predicted octanol–water partition coefficient (Wildman–Crippen LogP) is 4.75. The third kappa shape index (κ3) is 3.89. The van der Waals surface area contributed by atoms with Crippen molar-refractivity contribution in [2.24, 2.45) is 0 Å². The van der Waals surface area contributed by atoms with Gasteiger partial charge in [-0.15, -0.1) is 0 Å². The Balaban J connectivity index is 1.30. The van der Waals surface area contributed by atoms with Crippen LogP contribution < -0.4 is 14.2 Å². The van der Waals surface area contributed by atoms with Gasteiger partial charge in [0.25, 0.3) is 0 Å². The molecular weight excluding hydrogens is 380 g/mol. The third-order valence-electron chi connectivity index (χ3n) is 5.24. The Bertz CT molecular complexity index is 1050. The van der Waals surface area contributed by atoms with Gasteiger partial charge < -0.3 is 18.9 Å². The fourth-order valence-electron chi connectivity index (χ4n) is 3.61. The fraction of sp³-hybridized carbons (Fsp3) is 0.240. The Morgan fingerprint density at radius 3 is 2.53 bits per heavy atom. The quantitative estimate of drug-likeness (QED) is 0.440. The average molecular weight is 402 g/mol. The van der Waals surface area contributed by atoms with Gasteiger partial charge in [0.15, 0.2) is 23.4 Å². The summed E-state index contributed by atoms with van der Waals surface area (Å²) in [6, 6.07) is 22.9. The van der Waals surface area contributed by atoms with Gasteiger partial charge in [0, 0.05) is 6.42 Å². The molecule has 0 bridgehead atoms. The topological polar surface area (TPSA) is 57.3 Å². The third-order valence-corrected chi connectivity index (χ3v) is 5.24. The monoisotopic (exact) mass is 402 g/mol. The number of fused-ring (bicyclic) bond motifs is 1. The second-order valence-corrected chi connectivity index (χ2v) is 7.37. The standard InChI is InChI=1S/C25H22O5/c26-23(19-9-4-5-10-20(19)29-16-17-7-2-1-3-8-17)25-24(30-25)18-11-12-21-22(15-18)28-14-6-13-27-21/h1-5,7-12,15,24-25H,6,13-14,16H2/t24-,25+/m0/s1. The van der Waals surface area contributed by atoms with Crippen LogP contribution in [0.25, 0.3) is 0 Å². The highest BCUT2D eigenvalue weighted by atomic mass is 16.6. The van der Waals surface area contributed by atoms with Crippen LogP contribution in [0.15, 0.2) is 72.8 Å². The van der Waals surface area contributed by atoms with Crippen molar-refractivity contribution in [1.82, 2.24) is 0 Å². The molecule has 152 valence electrons. The molecule has 3 aromatic carbocycles. The Kier molecular flexibility index (Phi) is 5.11. The summed E-state index contributed by atoms with van der Waals surface area (Å²) in [4.78, 5) is 13.1. The van der Waals surface area contributed by atoms with Crippen molar-refractivity contribution in [3.8, 4) is 17.2 Å². The van der Waals surface area contributed by atoms with E-state index in [1.165, 1.54) is 0 Å². The molecule has 2 heterocycles. The Labute approximate surface area is 175 Å². The normalized spacial score (nSPS) is 19.6. The Morgan fingerprint density at radius 1 is 0.900 bits per heavy atom. The molecule has 0 saturated carbocycles. The van der Waals surface area contributed by atoms with E-state index < -0.39 is 6.10 Å². The lowest BCUT2D eigenvalue weighted by Crippen LogP contribution is -2.11. The number of ether oxygens (including phenoxy) is 4. The number of carbonyl (C=O) groups is 1. The van der Waals surface area contributed by atoms with Gasteiger partial charge >= 0.3 is 0 Å². The summed E-state index contributed by atoms with van der Waals surface area (Å²) in [6.07, 6.45) is 0.0539. The molecule has 5 heteroatoms. The van der Waals surface area contributed by atoms with Gasteiger partial charge in [0.1, 0.15) is 18.5 Å². The van der Waals surface area contributed by atoms with E-state index in [1.807, 2.05) is 66.7 Å². The number of para-hydroxylation sites is 1. The number of hydrogen-bond donors (Lipinski definition) is 0. The van der Waals surface area contributed by atoms with Crippen LogP contribution in [0.5, 0.6) is 17.2 Å². The van der Waals surface area contributed by atoms with E-state index in [0.29, 0.717) is 36.9 Å². The highest BCUT2D eigenvalue weighted by molar-refractivity contribution is 6.03. The number of epoxide rings is 1. The van der Waals surface area contributed by atoms with Crippen molar-refractivity contribution >= 4 is 5.78 Å². The lowest BCUT2D eigenvalue weighted by Gasteiger charge is -2.10. The number of rotatable bonds is 6. The first kappa shape index (κ1) is 18.7. The smallest absolute Gasteiger partial charge is 0.198 e. The summed E-state index contributed by atoms with van der Waals surface area (Å²) in [5, 5.41) is 0. The van der Waals surface area contributed by atoms with Crippen LogP contribution in [-0.2, 0) is 11.3 Å². The van der Waals surface area contributed by atoms with Crippen molar-refractivity contribution in [1.29, 1.82) is 0 Å². The van der Waals surface area contributed by atoms with Gasteiger partial charge in [0.2, 0.25) is 0 Å². The minimum Gasteiger partial charge on any atom is -0.490 e. The molecule has 0 spiro atoms. The zero-order valence-corrected chi connectivity index (χ0v) is 16.5. The summed E-state index contributed by atoms with van der Waals surface area (Å²) in [7, 11) is 0. The van der Waals surface area contributed by atoms with E-state index in [2.05, 4.69) is 0 Å². The second kappa shape index (κ2) is 8.20. The first-order valence-corrected chi connectivity index (χ1v) is 10.1. The van der Waals surface area contributed by atoms with Gasteiger partial charge in [0.05, 0.1) is 18.8 Å². The maximum Gasteiger partial charge on any atom is 0.198 e. The number of hydrogen-bond acceptors (Lipinski definition) is 5. The van der Waals surface area contributed by atoms with Crippen LogP contribution >= 0.6 is 0 Å². The first-order chi connectivity index (χ1) is 14.8. The fourth-order valence-corrected chi connectivity index (χ4v) is 3.61. The number of ketones is 1. The number of Topliss-reactive ketones (excluding diaryl/α,β-unsaturated/α-hetero) is 1. The van der Waals surface area contributed by atoms with E-state index in [0.717, 1.165) is 23.3 Å². The zero-order valence-electron chi connectivity index (χ0n) is 16.5. The van der Waals surface area contributed by atoms with Crippen LogP contribution in [0.1, 0.15) is 34.0 Å². The molecule has 2 atom stereocenters. The van der Waals surface area contributed by atoms with Crippen molar-refractivity contribution in [3.05, 3.63) is 89.5 Å². The summed E-state index contributed by atoms with van der Waals surface area (Å²) < 4.78 is 23.1. The molecule has 2 aliphatic rings. The molecule has 1 fully saturated rings. The molecule has 0 radical (unpaired) electrons. The summed E-state index contributed by atoms with van der Waals surface area (Å²) in [6.45, 7) is 1.67. The second-order valence-electron chi connectivity index (χ2n) is 7.37. The first-order valence-electron chi connectivity index (χ1n) is 10.1. The lowest BCUT2D eigenvalue weighted by atomic mass is 10.0. The highest BCUT2D eigenvalue weighted by Crippen LogP contribution is 2.44. The molecule has 0 aliphatic carbocycles. The van der Waals surface area contributed by atoms with Crippen LogP contribution in [0.3, 0.4) is 0 Å². The molecule has 0 unspecified atom stereocenters. The van der Waals surface area contributed by atoms with Gasteiger partial charge in [-0.25, -0.2) is 0 Å². The summed E-state index contributed by atoms with van der Waals surface area (Å²) in [5.41, 5.74) is 2.50.